The van der Waals surface area contributed by atoms with Crippen LogP contribution in [-0.4, -0.2) is 49.3 Å². The molecule has 0 spiro atoms. The molecule has 0 atom stereocenters. The maximum Gasteiger partial charge on any atom is 0.194 e. The number of hydrogen-bond acceptors (Lipinski definition) is 3. The van der Waals surface area contributed by atoms with E-state index in [1.54, 1.807) is 7.11 Å². The Hall–Kier alpha value is -1.45. The highest BCUT2D eigenvalue weighted by Crippen LogP contribution is 2.16. The van der Waals surface area contributed by atoms with Gasteiger partial charge in [0.15, 0.2) is 5.96 Å². The van der Waals surface area contributed by atoms with Crippen LogP contribution in [0.2, 0.25) is 5.02 Å². The van der Waals surface area contributed by atoms with Crippen molar-refractivity contribution in [1.82, 2.24) is 14.8 Å². The summed E-state index contributed by atoms with van der Waals surface area (Å²) in [6.07, 6.45) is 1.91. The van der Waals surface area contributed by atoms with Crippen molar-refractivity contribution in [2.45, 2.75) is 20.0 Å². The molecular weight excluding hydrogens is 491 g/mol. The van der Waals surface area contributed by atoms with Crippen LogP contribution in [0.3, 0.4) is 0 Å². The van der Waals surface area contributed by atoms with Crippen LogP contribution in [0.5, 0.6) is 5.75 Å². The number of aliphatic imine (C=N–C) groups is 1. The van der Waals surface area contributed by atoms with Crippen molar-refractivity contribution >= 4 is 41.5 Å². The molecule has 156 valence electrons. The van der Waals surface area contributed by atoms with Crippen LogP contribution < -0.4 is 10.1 Å². The lowest BCUT2D eigenvalue weighted by Gasteiger charge is -2.22. The van der Waals surface area contributed by atoms with Crippen LogP contribution in [0.25, 0.3) is 0 Å². The molecule has 0 aliphatic rings. The van der Waals surface area contributed by atoms with E-state index in [1.807, 2.05) is 55.2 Å². The van der Waals surface area contributed by atoms with E-state index >= 15 is 0 Å². The summed E-state index contributed by atoms with van der Waals surface area (Å²) in [5.41, 5.74) is 2.22. The Labute approximate surface area is 189 Å². The molecule has 28 heavy (non-hydrogen) atoms. The molecule has 0 radical (unpaired) electrons. The fourth-order valence-electron chi connectivity index (χ4n) is 2.65. The van der Waals surface area contributed by atoms with E-state index in [9.17, 15) is 0 Å². The number of methoxy groups -OCH3 is 1. The molecule has 2 aromatic rings. The van der Waals surface area contributed by atoms with Crippen molar-refractivity contribution in [3.8, 4) is 5.75 Å². The number of ether oxygens (including phenoxy) is 2. The van der Waals surface area contributed by atoms with Gasteiger partial charge in [-0.25, -0.2) is 4.99 Å². The van der Waals surface area contributed by atoms with Crippen molar-refractivity contribution in [2.75, 3.05) is 33.9 Å². The highest BCUT2D eigenvalue weighted by molar-refractivity contribution is 14.0. The van der Waals surface area contributed by atoms with Gasteiger partial charge in [0, 0.05) is 39.6 Å². The molecule has 1 aromatic carbocycles. The Balaban J connectivity index is 0.00000392. The fourth-order valence-corrected chi connectivity index (χ4v) is 2.93. The normalized spacial score (nSPS) is 11.1. The standard InChI is InChI=1S/C20H29ClN4O2.HI/c1-5-22-20(25(3)15-18-12-17(21)14-24(18)2)23-13-16-7-6-8-19(11-16)27-10-9-26-4;/h6-8,11-12,14H,5,9-10,13,15H2,1-4H3,(H,22,23);1H. The van der Waals surface area contributed by atoms with Gasteiger partial charge in [-0.05, 0) is 30.7 Å². The smallest absolute Gasteiger partial charge is 0.194 e. The number of nitrogens with zero attached hydrogens (tertiary/aromatic N) is 3. The van der Waals surface area contributed by atoms with Crippen molar-refractivity contribution in [2.24, 2.45) is 12.0 Å². The first-order chi connectivity index (χ1) is 13.0. The van der Waals surface area contributed by atoms with E-state index in [2.05, 4.69) is 17.1 Å². The summed E-state index contributed by atoms with van der Waals surface area (Å²) < 4.78 is 12.7. The third-order valence-electron chi connectivity index (χ3n) is 4.04. The molecule has 1 N–H and O–H groups in total. The first-order valence-electron chi connectivity index (χ1n) is 9.04. The Morgan fingerprint density at radius 2 is 2.07 bits per heavy atom. The molecule has 0 saturated heterocycles. The number of halogens is 2. The average Bonchev–Trinajstić information content (AvgIpc) is 2.96. The predicted octanol–water partition coefficient (Wildman–Crippen LogP) is 3.92. The fraction of sp³-hybridized carbons (Fsp3) is 0.450. The van der Waals surface area contributed by atoms with Gasteiger partial charge in [-0.15, -0.1) is 24.0 Å². The van der Waals surface area contributed by atoms with Gasteiger partial charge in [0.1, 0.15) is 12.4 Å². The second-order valence-electron chi connectivity index (χ2n) is 6.28. The molecule has 0 saturated carbocycles. The molecule has 1 aromatic heterocycles. The van der Waals surface area contributed by atoms with Crippen LogP contribution in [0.1, 0.15) is 18.2 Å². The zero-order chi connectivity index (χ0) is 19.6. The van der Waals surface area contributed by atoms with Gasteiger partial charge in [0.2, 0.25) is 0 Å². The van der Waals surface area contributed by atoms with E-state index < -0.39 is 0 Å². The molecule has 6 nitrogen and oxygen atoms in total. The average molecular weight is 521 g/mol. The number of rotatable bonds is 9. The van der Waals surface area contributed by atoms with Gasteiger partial charge >= 0.3 is 0 Å². The maximum atomic E-state index is 6.09. The van der Waals surface area contributed by atoms with Crippen molar-refractivity contribution < 1.29 is 9.47 Å². The second kappa shape index (κ2) is 12.9. The number of nitrogens with one attached hydrogen (secondary N) is 1. The highest BCUT2D eigenvalue weighted by atomic mass is 127. The highest BCUT2D eigenvalue weighted by Gasteiger charge is 2.10. The topological polar surface area (TPSA) is 51.0 Å². The zero-order valence-electron chi connectivity index (χ0n) is 16.9. The Kier molecular flexibility index (Phi) is 11.3. The van der Waals surface area contributed by atoms with Crippen LogP contribution in [0.15, 0.2) is 41.5 Å². The quantitative estimate of drug-likeness (QED) is 0.236. The zero-order valence-corrected chi connectivity index (χ0v) is 20.0. The van der Waals surface area contributed by atoms with Crippen LogP contribution in [0, 0.1) is 0 Å². The Morgan fingerprint density at radius 3 is 2.71 bits per heavy atom. The predicted molar refractivity (Wildman–Crippen MR) is 126 cm³/mol. The third-order valence-corrected chi connectivity index (χ3v) is 4.24. The molecular formula is C20H30ClIN4O2. The summed E-state index contributed by atoms with van der Waals surface area (Å²) in [5, 5.41) is 4.09. The summed E-state index contributed by atoms with van der Waals surface area (Å²) in [6, 6.07) is 9.96. The van der Waals surface area contributed by atoms with Gasteiger partial charge in [-0.2, -0.15) is 0 Å². The lowest BCUT2D eigenvalue weighted by atomic mass is 10.2. The molecule has 0 bridgehead atoms. The lowest BCUT2D eigenvalue weighted by Crippen LogP contribution is -2.38. The van der Waals surface area contributed by atoms with Crippen molar-refractivity contribution in [3.05, 3.63) is 52.8 Å². The summed E-state index contributed by atoms with van der Waals surface area (Å²) in [6.45, 7) is 5.26. The molecule has 2 rings (SSSR count). The lowest BCUT2D eigenvalue weighted by molar-refractivity contribution is 0.146. The number of benzene rings is 1. The summed E-state index contributed by atoms with van der Waals surface area (Å²) in [4.78, 5) is 6.85. The Morgan fingerprint density at radius 1 is 1.29 bits per heavy atom. The third kappa shape index (κ3) is 7.89. The number of aryl methyl sites for hydroxylation is 1. The second-order valence-corrected chi connectivity index (χ2v) is 6.71. The number of aromatic nitrogens is 1. The maximum absolute atomic E-state index is 6.09. The van der Waals surface area contributed by atoms with Gasteiger partial charge in [0.05, 0.1) is 24.7 Å². The summed E-state index contributed by atoms with van der Waals surface area (Å²) in [5.74, 6) is 1.68. The molecule has 0 aliphatic heterocycles. The monoisotopic (exact) mass is 520 g/mol. The molecule has 0 unspecified atom stereocenters. The SMILES string of the molecule is CCNC(=NCc1cccc(OCCOC)c1)N(C)Cc1cc(Cl)cn1C.I. The van der Waals surface area contributed by atoms with Gasteiger partial charge in [-0.1, -0.05) is 23.7 Å². The number of hydrogen-bond donors (Lipinski definition) is 1. The van der Waals surface area contributed by atoms with E-state index in [0.29, 0.717) is 19.8 Å². The van der Waals surface area contributed by atoms with E-state index in [0.717, 1.165) is 41.1 Å². The largest absolute Gasteiger partial charge is 0.491 e. The molecule has 1 heterocycles. The minimum Gasteiger partial charge on any atom is -0.491 e. The molecule has 0 fully saturated rings. The van der Waals surface area contributed by atoms with Crippen molar-refractivity contribution in [3.63, 3.8) is 0 Å². The minimum atomic E-state index is 0. The molecule has 0 aliphatic carbocycles. The number of guanidine groups is 1. The van der Waals surface area contributed by atoms with E-state index in [4.69, 9.17) is 26.1 Å². The van der Waals surface area contributed by atoms with Crippen LogP contribution in [-0.2, 0) is 24.9 Å². The first kappa shape index (κ1) is 24.6. The molecule has 8 heteroatoms. The van der Waals surface area contributed by atoms with Gasteiger partial charge in [0.25, 0.3) is 0 Å². The summed E-state index contributed by atoms with van der Waals surface area (Å²) >= 11 is 6.09. The first-order valence-corrected chi connectivity index (χ1v) is 9.42. The Bertz CT molecular complexity index is 752. The van der Waals surface area contributed by atoms with Crippen LogP contribution >= 0.6 is 35.6 Å². The van der Waals surface area contributed by atoms with E-state index in [1.165, 1.54) is 0 Å². The minimum absolute atomic E-state index is 0. The van der Waals surface area contributed by atoms with Gasteiger partial charge in [-0.3, -0.25) is 0 Å². The molecule has 0 amide bonds. The van der Waals surface area contributed by atoms with Crippen molar-refractivity contribution in [1.29, 1.82) is 0 Å². The summed E-state index contributed by atoms with van der Waals surface area (Å²) in [7, 11) is 5.68. The van der Waals surface area contributed by atoms with Crippen LogP contribution in [0.4, 0.5) is 0 Å². The van der Waals surface area contributed by atoms with Gasteiger partial charge < -0.3 is 24.3 Å². The van der Waals surface area contributed by atoms with E-state index in [-0.39, 0.29) is 24.0 Å².